The Bertz CT molecular complexity index is 648. The van der Waals surface area contributed by atoms with Crippen LogP contribution >= 0.6 is 15.9 Å². The number of ether oxygens (including phenoxy) is 1. The van der Waals surface area contributed by atoms with E-state index in [1.165, 1.54) is 0 Å². The Labute approximate surface area is 120 Å². The first kappa shape index (κ1) is 13.6. The van der Waals surface area contributed by atoms with Crippen LogP contribution in [-0.4, -0.2) is 15.6 Å². The lowest BCUT2D eigenvalue weighted by Crippen LogP contribution is -2.13. The number of aromatic nitrogens is 2. The van der Waals surface area contributed by atoms with Crippen LogP contribution in [0.25, 0.3) is 0 Å². The molecule has 0 spiro atoms. The summed E-state index contributed by atoms with van der Waals surface area (Å²) in [5.41, 5.74) is 7.80. The Morgan fingerprint density at radius 3 is 2.74 bits per heavy atom. The number of nitrogens with zero attached hydrogens (tertiary/aromatic N) is 2. The molecule has 2 rings (SSSR count). The summed E-state index contributed by atoms with van der Waals surface area (Å²) in [5, 5.41) is 11.9. The van der Waals surface area contributed by atoms with Crippen molar-refractivity contribution in [3.05, 3.63) is 39.5 Å². The summed E-state index contributed by atoms with van der Waals surface area (Å²) < 4.78 is 8.40. The van der Waals surface area contributed by atoms with Gasteiger partial charge in [0.1, 0.15) is 17.1 Å². The van der Waals surface area contributed by atoms with Gasteiger partial charge in [-0.3, -0.25) is 5.41 Å². The number of benzene rings is 1. The molecule has 0 aliphatic heterocycles. The van der Waals surface area contributed by atoms with Crippen LogP contribution in [0.15, 0.2) is 22.7 Å². The number of amidine groups is 1. The summed E-state index contributed by atoms with van der Waals surface area (Å²) in [6.07, 6.45) is 0. The quantitative estimate of drug-likeness (QED) is 0.673. The second-order valence-electron chi connectivity index (χ2n) is 4.31. The monoisotopic (exact) mass is 322 g/mol. The lowest BCUT2D eigenvalue weighted by atomic mass is 10.2. The molecule has 0 aliphatic carbocycles. The molecule has 0 amide bonds. The topological polar surface area (TPSA) is 76.9 Å². The fourth-order valence-corrected chi connectivity index (χ4v) is 2.19. The first-order valence-electron chi connectivity index (χ1n) is 5.72. The number of nitrogens with two attached hydrogens (primary N) is 1. The van der Waals surface area contributed by atoms with E-state index in [4.69, 9.17) is 15.9 Å². The standard InChI is InChI=1S/C13H15BrN4O/c1-7-4-5-9(14)6-10(7)19-13-11(12(15)16)8(2)17-18(13)3/h4-6H,1-3H3,(H3,15,16). The molecule has 6 heteroatoms. The van der Waals surface area contributed by atoms with Gasteiger partial charge in [-0.05, 0) is 31.5 Å². The number of nitrogens with one attached hydrogen (secondary N) is 1. The van der Waals surface area contributed by atoms with E-state index >= 15 is 0 Å². The molecule has 0 atom stereocenters. The fraction of sp³-hybridized carbons (Fsp3) is 0.231. The highest BCUT2D eigenvalue weighted by atomic mass is 79.9. The molecule has 0 fully saturated rings. The van der Waals surface area contributed by atoms with E-state index in [1.807, 2.05) is 25.1 Å². The van der Waals surface area contributed by atoms with E-state index in [0.29, 0.717) is 22.9 Å². The largest absolute Gasteiger partial charge is 0.438 e. The van der Waals surface area contributed by atoms with Gasteiger partial charge in [-0.1, -0.05) is 22.0 Å². The second-order valence-corrected chi connectivity index (χ2v) is 5.23. The number of hydrogen-bond donors (Lipinski definition) is 2. The van der Waals surface area contributed by atoms with Gasteiger partial charge < -0.3 is 10.5 Å². The zero-order valence-corrected chi connectivity index (χ0v) is 12.6. The van der Waals surface area contributed by atoms with Crippen LogP contribution in [0, 0.1) is 19.3 Å². The Morgan fingerprint density at radius 2 is 2.11 bits per heavy atom. The highest BCUT2D eigenvalue weighted by Gasteiger charge is 2.18. The van der Waals surface area contributed by atoms with Gasteiger partial charge in [-0.15, -0.1) is 0 Å². The molecule has 0 unspecified atom stereocenters. The molecule has 1 aromatic heterocycles. The summed E-state index contributed by atoms with van der Waals surface area (Å²) in [7, 11) is 1.77. The maximum atomic E-state index is 7.63. The molecule has 100 valence electrons. The van der Waals surface area contributed by atoms with Crippen molar-refractivity contribution in [2.24, 2.45) is 12.8 Å². The number of hydrogen-bond acceptors (Lipinski definition) is 3. The van der Waals surface area contributed by atoms with Crippen LogP contribution < -0.4 is 10.5 Å². The van der Waals surface area contributed by atoms with Gasteiger partial charge in [0, 0.05) is 11.5 Å². The fourth-order valence-electron chi connectivity index (χ4n) is 1.85. The van der Waals surface area contributed by atoms with Gasteiger partial charge in [0.15, 0.2) is 0 Å². The van der Waals surface area contributed by atoms with E-state index < -0.39 is 0 Å². The van der Waals surface area contributed by atoms with Gasteiger partial charge in [0.05, 0.1) is 5.69 Å². The zero-order valence-electron chi connectivity index (χ0n) is 11.0. The average molecular weight is 323 g/mol. The molecular formula is C13H15BrN4O. The number of rotatable bonds is 3. The smallest absolute Gasteiger partial charge is 0.228 e. The molecule has 1 aromatic carbocycles. The molecule has 0 saturated carbocycles. The minimum Gasteiger partial charge on any atom is -0.438 e. The normalized spacial score (nSPS) is 10.5. The summed E-state index contributed by atoms with van der Waals surface area (Å²) in [6, 6.07) is 5.78. The number of aryl methyl sites for hydroxylation is 3. The van der Waals surface area contributed by atoms with Crippen molar-refractivity contribution < 1.29 is 4.74 Å². The Kier molecular flexibility index (Phi) is 3.61. The highest BCUT2D eigenvalue weighted by molar-refractivity contribution is 9.10. The predicted molar refractivity (Wildman–Crippen MR) is 77.9 cm³/mol. The Morgan fingerprint density at radius 1 is 1.42 bits per heavy atom. The zero-order chi connectivity index (χ0) is 14.2. The van der Waals surface area contributed by atoms with Gasteiger partial charge in [0.2, 0.25) is 5.88 Å². The van der Waals surface area contributed by atoms with Crippen LogP contribution in [0.3, 0.4) is 0 Å². The maximum Gasteiger partial charge on any atom is 0.228 e. The van der Waals surface area contributed by atoms with E-state index in [1.54, 1.807) is 18.7 Å². The first-order valence-corrected chi connectivity index (χ1v) is 6.51. The molecule has 0 radical (unpaired) electrons. The molecule has 19 heavy (non-hydrogen) atoms. The van der Waals surface area contributed by atoms with E-state index in [2.05, 4.69) is 21.0 Å². The Balaban J connectivity index is 2.49. The van der Waals surface area contributed by atoms with Crippen molar-refractivity contribution in [3.8, 4) is 11.6 Å². The molecule has 3 N–H and O–H groups in total. The minimum atomic E-state index is -0.0479. The van der Waals surface area contributed by atoms with Crippen molar-refractivity contribution in [1.29, 1.82) is 5.41 Å². The SMILES string of the molecule is Cc1ccc(Br)cc1Oc1c(C(=N)N)c(C)nn1C. The van der Waals surface area contributed by atoms with E-state index in [9.17, 15) is 0 Å². The molecule has 5 nitrogen and oxygen atoms in total. The van der Waals surface area contributed by atoms with Gasteiger partial charge >= 0.3 is 0 Å². The van der Waals surface area contributed by atoms with Crippen molar-refractivity contribution in [3.63, 3.8) is 0 Å². The second kappa shape index (κ2) is 5.05. The molecular weight excluding hydrogens is 308 g/mol. The lowest BCUT2D eigenvalue weighted by molar-refractivity contribution is 0.427. The number of nitrogen functional groups attached to an aromatic ring is 1. The van der Waals surface area contributed by atoms with Crippen LogP contribution in [0.2, 0.25) is 0 Å². The van der Waals surface area contributed by atoms with Crippen LogP contribution in [-0.2, 0) is 7.05 Å². The van der Waals surface area contributed by atoms with Crippen molar-refractivity contribution in [2.75, 3.05) is 0 Å². The summed E-state index contributed by atoms with van der Waals surface area (Å²) in [4.78, 5) is 0. The first-order chi connectivity index (χ1) is 8.90. The molecule has 0 saturated heterocycles. The van der Waals surface area contributed by atoms with Crippen molar-refractivity contribution >= 4 is 21.8 Å². The third kappa shape index (κ3) is 2.63. The van der Waals surface area contributed by atoms with Gasteiger partial charge in [-0.25, -0.2) is 4.68 Å². The van der Waals surface area contributed by atoms with Gasteiger partial charge in [0.25, 0.3) is 0 Å². The third-order valence-electron chi connectivity index (χ3n) is 2.80. The summed E-state index contributed by atoms with van der Waals surface area (Å²) in [6.45, 7) is 3.76. The maximum absolute atomic E-state index is 7.63. The van der Waals surface area contributed by atoms with Crippen molar-refractivity contribution in [1.82, 2.24) is 9.78 Å². The van der Waals surface area contributed by atoms with Crippen LogP contribution in [0.4, 0.5) is 0 Å². The molecule has 2 aromatic rings. The van der Waals surface area contributed by atoms with E-state index in [-0.39, 0.29) is 5.84 Å². The number of halogens is 1. The third-order valence-corrected chi connectivity index (χ3v) is 3.29. The summed E-state index contributed by atoms with van der Waals surface area (Å²) in [5.74, 6) is 1.14. The average Bonchev–Trinajstić information content (AvgIpc) is 2.59. The minimum absolute atomic E-state index is 0.0479. The lowest BCUT2D eigenvalue weighted by Gasteiger charge is -2.10. The van der Waals surface area contributed by atoms with Crippen molar-refractivity contribution in [2.45, 2.75) is 13.8 Å². The molecule has 0 bridgehead atoms. The molecule has 0 aliphatic rings. The molecule has 1 heterocycles. The van der Waals surface area contributed by atoms with E-state index in [0.717, 1.165) is 10.0 Å². The predicted octanol–water partition coefficient (Wildman–Crippen LogP) is 2.88. The van der Waals surface area contributed by atoms with Gasteiger partial charge in [-0.2, -0.15) is 5.10 Å². The Hall–Kier alpha value is -1.82. The van der Waals surface area contributed by atoms with Crippen LogP contribution in [0.5, 0.6) is 11.6 Å². The summed E-state index contributed by atoms with van der Waals surface area (Å²) >= 11 is 3.41. The highest BCUT2D eigenvalue weighted by Crippen LogP contribution is 2.30. The van der Waals surface area contributed by atoms with Crippen LogP contribution in [0.1, 0.15) is 16.8 Å².